The fourth-order valence-corrected chi connectivity index (χ4v) is 1.79. The summed E-state index contributed by atoms with van der Waals surface area (Å²) in [6, 6.07) is 4.09. The van der Waals surface area contributed by atoms with Gasteiger partial charge in [0, 0.05) is 18.0 Å². The molecule has 0 saturated carbocycles. The van der Waals surface area contributed by atoms with Crippen molar-refractivity contribution in [3.05, 3.63) is 66.1 Å². The molecule has 0 amide bonds. The fourth-order valence-electron chi connectivity index (χ4n) is 1.79. The van der Waals surface area contributed by atoms with Crippen LogP contribution in [0.3, 0.4) is 0 Å². The normalized spacial score (nSPS) is 18.3. The van der Waals surface area contributed by atoms with Crippen molar-refractivity contribution in [2.45, 2.75) is 0 Å². The van der Waals surface area contributed by atoms with Crippen molar-refractivity contribution in [1.29, 1.82) is 0 Å². The summed E-state index contributed by atoms with van der Waals surface area (Å²) in [4.78, 5) is 0. The van der Waals surface area contributed by atoms with E-state index < -0.39 is 0 Å². The summed E-state index contributed by atoms with van der Waals surface area (Å²) in [6.45, 7) is 0. The van der Waals surface area contributed by atoms with Gasteiger partial charge in [0.1, 0.15) is 0 Å². The van der Waals surface area contributed by atoms with Crippen LogP contribution in [0.25, 0.3) is 5.70 Å². The molecule has 2 aliphatic rings. The van der Waals surface area contributed by atoms with Crippen LogP contribution < -0.4 is 0 Å². The number of hydrogen-bond donors (Lipinski definition) is 0. The Morgan fingerprint density at radius 3 is 2.69 bits per heavy atom. The first-order chi connectivity index (χ1) is 6.45. The van der Waals surface area contributed by atoms with E-state index in [-0.39, 0.29) is 1.43 Å². The zero-order valence-electron chi connectivity index (χ0n) is 8.14. The molecule has 3 rings (SSSR count). The molecule has 62 valence electrons. The zero-order chi connectivity index (χ0) is 8.67. The molecule has 1 aromatic rings. The second kappa shape index (κ2) is 2.36. The molecule has 13 heavy (non-hydrogen) atoms. The summed E-state index contributed by atoms with van der Waals surface area (Å²) in [5.74, 6) is 0. The monoisotopic (exact) mass is 168 g/mol. The molecule has 0 saturated heterocycles. The highest BCUT2D eigenvalue weighted by Gasteiger charge is 2.16. The molecule has 0 fully saturated rings. The highest BCUT2D eigenvalue weighted by atomic mass is 15.0. The van der Waals surface area contributed by atoms with Crippen LogP contribution in [0.2, 0.25) is 0 Å². The third-order valence-electron chi connectivity index (χ3n) is 2.43. The number of rotatable bonds is 1. The standard InChI is InChI=1S/C12H9N/c1-2-9-13(8-1)12-7-6-10-4-3-5-11(10)12/h1-9H/p+1. The topological polar surface area (TPSA) is 4.93 Å². The van der Waals surface area contributed by atoms with Gasteiger partial charge < -0.3 is 4.57 Å². The average Bonchev–Trinajstić information content (AvgIpc) is 2.79. The average molecular weight is 168 g/mol. The van der Waals surface area contributed by atoms with Gasteiger partial charge in [-0.05, 0) is 23.8 Å². The van der Waals surface area contributed by atoms with Crippen LogP contribution >= 0.6 is 0 Å². The molecule has 1 aromatic heterocycles. The molecule has 0 aromatic carbocycles. The van der Waals surface area contributed by atoms with Crippen molar-refractivity contribution in [2.75, 3.05) is 0 Å². The molecule has 0 spiro atoms. The molecular weight excluding hydrogens is 158 g/mol. The Morgan fingerprint density at radius 1 is 1.00 bits per heavy atom. The van der Waals surface area contributed by atoms with Gasteiger partial charge >= 0.3 is 1.43 Å². The third-order valence-corrected chi connectivity index (χ3v) is 2.43. The number of allylic oxidation sites excluding steroid dienone is 8. The van der Waals surface area contributed by atoms with Gasteiger partial charge in [0.2, 0.25) is 0 Å². The number of nitrogens with zero attached hydrogens (tertiary/aromatic N) is 1. The van der Waals surface area contributed by atoms with E-state index in [1.807, 2.05) is 12.1 Å². The molecular formula is C12H10N+. The van der Waals surface area contributed by atoms with Crippen molar-refractivity contribution in [1.82, 2.24) is 4.57 Å². The second-order valence-corrected chi connectivity index (χ2v) is 3.20. The van der Waals surface area contributed by atoms with E-state index >= 15 is 0 Å². The van der Waals surface area contributed by atoms with Crippen LogP contribution in [0.1, 0.15) is 1.43 Å². The Labute approximate surface area is 78.5 Å². The van der Waals surface area contributed by atoms with E-state index in [1.54, 1.807) is 0 Å². The maximum absolute atomic E-state index is 2.16. The molecule has 0 aliphatic heterocycles. The molecule has 0 radical (unpaired) electrons. The SMILES string of the molecule is C1=CC2=CC=C(n3cccc3)C2=C1.[H+]. The lowest BCUT2D eigenvalue weighted by atomic mass is 10.1. The maximum Gasteiger partial charge on any atom is 1.00 e. The van der Waals surface area contributed by atoms with Gasteiger partial charge in [-0.15, -0.1) is 0 Å². The lowest BCUT2D eigenvalue weighted by Crippen LogP contribution is -1.93. The van der Waals surface area contributed by atoms with Gasteiger partial charge in [-0.1, -0.05) is 24.3 Å². The number of aromatic nitrogens is 1. The van der Waals surface area contributed by atoms with Crippen molar-refractivity contribution in [3.8, 4) is 0 Å². The van der Waals surface area contributed by atoms with Crippen LogP contribution in [0, 0.1) is 0 Å². The Balaban J connectivity index is 0.000000750. The minimum atomic E-state index is 0. The number of hydrogen-bond acceptors (Lipinski definition) is 0. The van der Waals surface area contributed by atoms with Gasteiger partial charge in [0.15, 0.2) is 0 Å². The molecule has 1 heteroatoms. The molecule has 0 atom stereocenters. The van der Waals surface area contributed by atoms with Crippen molar-refractivity contribution in [3.63, 3.8) is 0 Å². The summed E-state index contributed by atoms with van der Waals surface area (Å²) in [5, 5.41) is 0. The predicted molar refractivity (Wildman–Crippen MR) is 55.1 cm³/mol. The molecule has 2 aliphatic carbocycles. The highest BCUT2D eigenvalue weighted by Crippen LogP contribution is 2.33. The quantitative estimate of drug-likeness (QED) is 0.607. The summed E-state index contributed by atoms with van der Waals surface area (Å²) in [6.07, 6.45) is 14.9. The summed E-state index contributed by atoms with van der Waals surface area (Å²) in [7, 11) is 0. The lowest BCUT2D eigenvalue weighted by molar-refractivity contribution is 1.12. The Hall–Kier alpha value is -1.76. The first kappa shape index (κ1) is 6.72. The molecule has 1 nitrogen and oxygen atoms in total. The van der Waals surface area contributed by atoms with Crippen molar-refractivity contribution < 1.29 is 1.43 Å². The largest absolute Gasteiger partial charge is 1.00 e. The highest BCUT2D eigenvalue weighted by molar-refractivity contribution is 5.82. The first-order valence-electron chi connectivity index (χ1n) is 4.39. The molecule has 0 bridgehead atoms. The van der Waals surface area contributed by atoms with Crippen LogP contribution in [0.4, 0.5) is 0 Å². The predicted octanol–water partition coefficient (Wildman–Crippen LogP) is 2.88. The van der Waals surface area contributed by atoms with E-state index in [1.165, 1.54) is 16.8 Å². The maximum atomic E-state index is 2.16. The molecule has 1 heterocycles. The Kier molecular flexibility index (Phi) is 1.22. The van der Waals surface area contributed by atoms with E-state index in [0.717, 1.165) is 0 Å². The van der Waals surface area contributed by atoms with Gasteiger partial charge in [0.25, 0.3) is 0 Å². The third kappa shape index (κ3) is 0.872. The van der Waals surface area contributed by atoms with Crippen molar-refractivity contribution >= 4 is 5.70 Å². The van der Waals surface area contributed by atoms with Gasteiger partial charge in [-0.25, -0.2) is 0 Å². The van der Waals surface area contributed by atoms with Gasteiger partial charge in [-0.2, -0.15) is 0 Å². The van der Waals surface area contributed by atoms with Crippen LogP contribution in [-0.2, 0) is 0 Å². The van der Waals surface area contributed by atoms with Crippen LogP contribution in [0.15, 0.2) is 66.1 Å². The molecule has 0 unspecified atom stereocenters. The van der Waals surface area contributed by atoms with Gasteiger partial charge in [0.05, 0.1) is 5.70 Å². The van der Waals surface area contributed by atoms with Crippen molar-refractivity contribution in [2.24, 2.45) is 0 Å². The zero-order valence-corrected chi connectivity index (χ0v) is 7.14. The summed E-state index contributed by atoms with van der Waals surface area (Å²) in [5.41, 5.74) is 3.92. The smallest absolute Gasteiger partial charge is 0.323 e. The minimum Gasteiger partial charge on any atom is -0.323 e. The van der Waals surface area contributed by atoms with E-state index in [0.29, 0.717) is 0 Å². The fraction of sp³-hybridized carbons (Fsp3) is 0. The summed E-state index contributed by atoms with van der Waals surface area (Å²) >= 11 is 0. The Bertz CT molecular complexity index is 459. The number of fused-ring (bicyclic) bond motifs is 1. The van der Waals surface area contributed by atoms with Crippen LogP contribution in [-0.4, -0.2) is 4.57 Å². The molecule has 0 N–H and O–H groups in total. The van der Waals surface area contributed by atoms with Crippen LogP contribution in [0.5, 0.6) is 0 Å². The van der Waals surface area contributed by atoms with E-state index in [4.69, 9.17) is 0 Å². The Morgan fingerprint density at radius 2 is 1.85 bits per heavy atom. The van der Waals surface area contributed by atoms with Gasteiger partial charge in [-0.3, -0.25) is 0 Å². The lowest BCUT2D eigenvalue weighted by Gasteiger charge is -2.06. The summed E-state index contributed by atoms with van der Waals surface area (Å²) < 4.78 is 2.14. The van der Waals surface area contributed by atoms with E-state index in [2.05, 4.69) is 47.3 Å². The minimum absolute atomic E-state index is 0. The first-order valence-corrected chi connectivity index (χ1v) is 4.39. The van der Waals surface area contributed by atoms with E-state index in [9.17, 15) is 0 Å². The second-order valence-electron chi connectivity index (χ2n) is 3.20.